The number of nitrogens with zero attached hydrogens (tertiary/aromatic N) is 4. The molecule has 0 aliphatic heterocycles. The monoisotopic (exact) mass is 465 g/mol. The molecule has 7 nitrogen and oxygen atoms in total. The third kappa shape index (κ3) is 6.74. The van der Waals surface area contributed by atoms with Gasteiger partial charge in [0.1, 0.15) is 17.4 Å². The van der Waals surface area contributed by atoms with E-state index in [1.807, 2.05) is 12.1 Å². The lowest BCUT2D eigenvalue weighted by molar-refractivity contribution is -0.117. The number of ether oxygens (including phenoxy) is 1. The molecule has 0 radical (unpaired) electrons. The van der Waals surface area contributed by atoms with Crippen molar-refractivity contribution in [3.05, 3.63) is 72.3 Å². The minimum Gasteiger partial charge on any atom is -0.497 e. The van der Waals surface area contributed by atoms with Crippen molar-refractivity contribution < 1.29 is 13.9 Å². The zero-order chi connectivity index (χ0) is 24.5. The molecule has 0 saturated carbocycles. The van der Waals surface area contributed by atoms with Crippen molar-refractivity contribution in [2.75, 3.05) is 20.2 Å². The molecule has 8 heteroatoms. The summed E-state index contributed by atoms with van der Waals surface area (Å²) in [5, 5.41) is 7.67. The summed E-state index contributed by atoms with van der Waals surface area (Å²) in [6, 6.07) is 14.1. The lowest BCUT2D eigenvalue weighted by Crippen LogP contribution is -2.41. The van der Waals surface area contributed by atoms with Gasteiger partial charge in [0.2, 0.25) is 5.91 Å². The molecule has 180 valence electrons. The van der Waals surface area contributed by atoms with Crippen molar-refractivity contribution in [2.45, 2.75) is 33.7 Å². The van der Waals surface area contributed by atoms with Gasteiger partial charge in [-0.1, -0.05) is 26.0 Å². The summed E-state index contributed by atoms with van der Waals surface area (Å²) in [6.07, 6.45) is 4.15. The molecule has 3 rings (SSSR count). The highest BCUT2D eigenvalue weighted by Crippen LogP contribution is 2.19. The molecular formula is C26H32FN5O2. The lowest BCUT2D eigenvalue weighted by atomic mass is 10.0. The Labute approximate surface area is 200 Å². The Balaban J connectivity index is 1.85. The van der Waals surface area contributed by atoms with E-state index in [0.29, 0.717) is 11.7 Å². The fourth-order valence-corrected chi connectivity index (χ4v) is 3.70. The Hall–Kier alpha value is -3.52. The van der Waals surface area contributed by atoms with Crippen LogP contribution in [0.4, 0.5) is 4.39 Å². The zero-order valence-corrected chi connectivity index (χ0v) is 20.2. The van der Waals surface area contributed by atoms with E-state index in [1.54, 1.807) is 36.3 Å². The van der Waals surface area contributed by atoms with Gasteiger partial charge in [-0.05, 0) is 54.9 Å². The van der Waals surface area contributed by atoms with Gasteiger partial charge in [-0.3, -0.25) is 9.69 Å². The van der Waals surface area contributed by atoms with Crippen LogP contribution in [0.25, 0.3) is 11.4 Å². The molecule has 34 heavy (non-hydrogen) atoms. The highest BCUT2D eigenvalue weighted by molar-refractivity contribution is 5.98. The first kappa shape index (κ1) is 25.1. The smallest absolute Gasteiger partial charge is 0.222 e. The summed E-state index contributed by atoms with van der Waals surface area (Å²) in [7, 11) is 1.66. The number of methoxy groups -OCH3 is 1. The number of amides is 1. The third-order valence-electron chi connectivity index (χ3n) is 5.61. The van der Waals surface area contributed by atoms with Gasteiger partial charge in [0.05, 0.1) is 7.11 Å². The molecule has 0 saturated heterocycles. The van der Waals surface area contributed by atoms with E-state index in [4.69, 9.17) is 9.84 Å². The van der Waals surface area contributed by atoms with E-state index in [0.717, 1.165) is 37.4 Å². The first-order valence-electron chi connectivity index (χ1n) is 11.4. The summed E-state index contributed by atoms with van der Waals surface area (Å²) < 4.78 is 20.2. The molecule has 1 aromatic heterocycles. The maximum absolute atomic E-state index is 13.4. The third-order valence-corrected chi connectivity index (χ3v) is 5.61. The predicted molar refractivity (Wildman–Crippen MR) is 132 cm³/mol. The molecule has 1 N–H and O–H groups in total. The van der Waals surface area contributed by atoms with E-state index < -0.39 is 0 Å². The minimum atomic E-state index is -0.313. The fraction of sp³-hybridized carbons (Fsp3) is 0.346. The molecular weight excluding hydrogens is 433 g/mol. The number of amidine groups is 1. The van der Waals surface area contributed by atoms with Gasteiger partial charge in [0, 0.05) is 43.9 Å². The SMILES string of the molecule is CCC(CN(CC)Cc1ccc(OC)cc1)/C(=N/n1ccnc1-c1ccc(F)cc1)NC(C)=O. The van der Waals surface area contributed by atoms with Gasteiger partial charge in [-0.15, -0.1) is 0 Å². The number of carbonyl (C=O) groups excluding carboxylic acids is 1. The average Bonchev–Trinajstić information content (AvgIpc) is 3.30. The summed E-state index contributed by atoms with van der Waals surface area (Å²) in [4.78, 5) is 18.7. The summed E-state index contributed by atoms with van der Waals surface area (Å²) in [5.74, 6) is 1.47. The Bertz CT molecular complexity index is 1090. The van der Waals surface area contributed by atoms with E-state index in [1.165, 1.54) is 24.6 Å². The van der Waals surface area contributed by atoms with Crippen LogP contribution in [-0.2, 0) is 11.3 Å². The van der Waals surface area contributed by atoms with Crippen molar-refractivity contribution in [2.24, 2.45) is 11.0 Å². The van der Waals surface area contributed by atoms with Crippen LogP contribution in [0.5, 0.6) is 5.75 Å². The molecule has 0 aliphatic carbocycles. The molecule has 0 bridgehead atoms. The Morgan fingerprint density at radius 2 is 1.88 bits per heavy atom. The number of hydrogen-bond donors (Lipinski definition) is 1. The maximum atomic E-state index is 13.4. The van der Waals surface area contributed by atoms with Gasteiger partial charge < -0.3 is 10.1 Å². The largest absolute Gasteiger partial charge is 0.497 e. The molecule has 1 atom stereocenters. The molecule has 2 aromatic carbocycles. The Morgan fingerprint density at radius 1 is 1.18 bits per heavy atom. The number of carbonyl (C=O) groups is 1. The molecule has 0 aliphatic rings. The van der Waals surface area contributed by atoms with Gasteiger partial charge in [-0.2, -0.15) is 5.10 Å². The van der Waals surface area contributed by atoms with Crippen molar-refractivity contribution in [1.82, 2.24) is 19.9 Å². The van der Waals surface area contributed by atoms with Crippen LogP contribution in [-0.4, -0.2) is 46.5 Å². The number of rotatable bonds is 10. The predicted octanol–water partition coefficient (Wildman–Crippen LogP) is 4.54. The summed E-state index contributed by atoms with van der Waals surface area (Å²) >= 11 is 0. The second-order valence-corrected chi connectivity index (χ2v) is 8.05. The first-order valence-corrected chi connectivity index (χ1v) is 11.4. The highest BCUT2D eigenvalue weighted by atomic mass is 19.1. The highest BCUT2D eigenvalue weighted by Gasteiger charge is 2.20. The number of benzene rings is 2. The van der Waals surface area contributed by atoms with Crippen LogP contribution in [0.1, 0.15) is 32.8 Å². The summed E-state index contributed by atoms with van der Waals surface area (Å²) in [6.45, 7) is 8.02. The molecule has 1 unspecified atom stereocenters. The van der Waals surface area contributed by atoms with E-state index in [9.17, 15) is 9.18 Å². The molecule has 1 amide bonds. The van der Waals surface area contributed by atoms with Crippen molar-refractivity contribution >= 4 is 11.7 Å². The van der Waals surface area contributed by atoms with Crippen molar-refractivity contribution in [3.8, 4) is 17.1 Å². The maximum Gasteiger partial charge on any atom is 0.222 e. The number of imidazole rings is 1. The van der Waals surface area contributed by atoms with Gasteiger partial charge in [0.25, 0.3) is 0 Å². The summed E-state index contributed by atoms with van der Waals surface area (Å²) in [5.41, 5.74) is 1.92. The van der Waals surface area contributed by atoms with Crippen molar-refractivity contribution in [1.29, 1.82) is 0 Å². The number of nitrogens with one attached hydrogen (secondary N) is 1. The first-order chi connectivity index (χ1) is 16.4. The van der Waals surface area contributed by atoms with Crippen LogP contribution < -0.4 is 10.1 Å². The van der Waals surface area contributed by atoms with Gasteiger partial charge in [-0.25, -0.2) is 14.1 Å². The second-order valence-electron chi connectivity index (χ2n) is 8.05. The quantitative estimate of drug-likeness (QED) is 0.352. The van der Waals surface area contributed by atoms with E-state index in [2.05, 4.69) is 41.2 Å². The average molecular weight is 466 g/mol. The Kier molecular flexibility index (Phi) is 8.93. The van der Waals surface area contributed by atoms with Crippen LogP contribution in [0, 0.1) is 11.7 Å². The molecule has 3 aromatic rings. The molecule has 0 spiro atoms. The van der Waals surface area contributed by atoms with Crippen LogP contribution in [0.15, 0.2) is 66.0 Å². The van der Waals surface area contributed by atoms with Crippen LogP contribution in [0.2, 0.25) is 0 Å². The van der Waals surface area contributed by atoms with Crippen LogP contribution in [0.3, 0.4) is 0 Å². The van der Waals surface area contributed by atoms with E-state index in [-0.39, 0.29) is 17.6 Å². The van der Waals surface area contributed by atoms with Gasteiger partial charge >= 0.3 is 0 Å². The lowest BCUT2D eigenvalue weighted by Gasteiger charge is -2.27. The minimum absolute atomic E-state index is 0.00874. The fourth-order valence-electron chi connectivity index (χ4n) is 3.70. The van der Waals surface area contributed by atoms with Gasteiger partial charge in [0.15, 0.2) is 5.82 Å². The number of halogens is 1. The van der Waals surface area contributed by atoms with Crippen molar-refractivity contribution in [3.63, 3.8) is 0 Å². The molecule has 0 fully saturated rings. The normalized spacial score (nSPS) is 12.6. The molecule has 1 heterocycles. The number of hydrogen-bond acceptors (Lipinski definition) is 5. The standard InChI is InChI=1S/C26H32FN5O2/c1-5-21(18-31(6-2)17-20-7-13-24(34-4)14-8-20)25(29-19(3)33)30-32-16-15-28-26(32)22-9-11-23(27)12-10-22/h7-16,21H,5-6,17-18H2,1-4H3,(H,29,30,33). The zero-order valence-electron chi connectivity index (χ0n) is 20.2. The topological polar surface area (TPSA) is 71.8 Å². The Morgan fingerprint density at radius 3 is 2.47 bits per heavy atom. The second kappa shape index (κ2) is 12.1. The number of aromatic nitrogens is 2. The van der Waals surface area contributed by atoms with E-state index >= 15 is 0 Å². The van der Waals surface area contributed by atoms with Crippen LogP contribution >= 0.6 is 0 Å².